The van der Waals surface area contributed by atoms with E-state index in [0.29, 0.717) is 11.1 Å². The summed E-state index contributed by atoms with van der Waals surface area (Å²) in [6.45, 7) is 1.42. The number of imide groups is 1. The quantitative estimate of drug-likeness (QED) is 0.511. The summed E-state index contributed by atoms with van der Waals surface area (Å²) in [7, 11) is 0. The van der Waals surface area contributed by atoms with Gasteiger partial charge < -0.3 is 4.74 Å². The Morgan fingerprint density at radius 3 is 2.00 bits per heavy atom. The first kappa shape index (κ1) is 16.6. The Kier molecular flexibility index (Phi) is 4.43. The van der Waals surface area contributed by atoms with Gasteiger partial charge in [0.2, 0.25) is 0 Å². The number of carbonyl (C=O) groups is 2. The molecular weight excluding hydrogens is 318 g/mol. The number of benzene rings is 2. The fourth-order valence-corrected chi connectivity index (χ4v) is 2.85. The number of carbonyl (C=O) groups excluding carboxylic acids is 2. The van der Waals surface area contributed by atoms with E-state index in [1.165, 1.54) is 6.92 Å². The minimum atomic E-state index is -0.635. The summed E-state index contributed by atoms with van der Waals surface area (Å²) in [5.74, 6) is -1.67. The maximum atomic E-state index is 12.6. The van der Waals surface area contributed by atoms with E-state index < -0.39 is 5.92 Å². The zero-order chi connectivity index (χ0) is 18.0. The lowest BCUT2D eigenvalue weighted by atomic mass is 9.98. The topological polar surface area (TPSA) is 94.3 Å². The molecule has 0 radical (unpaired) electrons. The van der Waals surface area contributed by atoms with Crippen molar-refractivity contribution in [1.82, 2.24) is 4.90 Å². The van der Waals surface area contributed by atoms with Crippen LogP contribution in [0.3, 0.4) is 0 Å². The third kappa shape index (κ3) is 3.19. The van der Waals surface area contributed by atoms with Crippen LogP contribution in [0, 0.1) is 10.8 Å². The number of fused-ring (bicyclic) bond motifs is 1. The van der Waals surface area contributed by atoms with Crippen LogP contribution >= 0.6 is 0 Å². The van der Waals surface area contributed by atoms with Crippen LogP contribution in [0.15, 0.2) is 54.6 Å². The number of hydrogen-bond donors (Lipinski definition) is 2. The van der Waals surface area contributed by atoms with Crippen molar-refractivity contribution >= 4 is 23.6 Å². The SMILES string of the molecule is CC(=N)OC(=N)C(CN1C(=O)c2ccccc2C1=O)c1ccccc1. The summed E-state index contributed by atoms with van der Waals surface area (Å²) in [5.41, 5.74) is 1.48. The first-order valence-corrected chi connectivity index (χ1v) is 7.80. The zero-order valence-electron chi connectivity index (χ0n) is 13.7. The molecule has 0 bridgehead atoms. The molecule has 2 N–H and O–H groups in total. The predicted molar refractivity (Wildman–Crippen MR) is 93.2 cm³/mol. The molecule has 1 unspecified atom stereocenters. The first-order valence-electron chi connectivity index (χ1n) is 7.80. The smallest absolute Gasteiger partial charge is 0.261 e. The van der Waals surface area contributed by atoms with Gasteiger partial charge in [0, 0.05) is 13.5 Å². The molecule has 1 heterocycles. The van der Waals surface area contributed by atoms with Crippen LogP contribution in [0.1, 0.15) is 39.1 Å². The summed E-state index contributed by atoms with van der Waals surface area (Å²) in [5, 5.41) is 15.6. The first-order chi connectivity index (χ1) is 12.0. The van der Waals surface area contributed by atoms with E-state index in [1.807, 2.05) is 18.2 Å². The molecule has 2 amide bonds. The minimum Gasteiger partial charge on any atom is -0.429 e. The van der Waals surface area contributed by atoms with Gasteiger partial charge in [-0.1, -0.05) is 42.5 Å². The van der Waals surface area contributed by atoms with Crippen LogP contribution in [0.5, 0.6) is 0 Å². The summed E-state index contributed by atoms with van der Waals surface area (Å²) in [6, 6.07) is 15.8. The molecule has 0 aliphatic carbocycles. The molecule has 0 saturated heterocycles. The highest BCUT2D eigenvalue weighted by molar-refractivity contribution is 6.21. The molecule has 1 aliphatic heterocycles. The average molecular weight is 335 g/mol. The maximum absolute atomic E-state index is 12.6. The molecule has 1 aliphatic rings. The highest BCUT2D eigenvalue weighted by atomic mass is 16.5. The van der Waals surface area contributed by atoms with Gasteiger partial charge in [-0.15, -0.1) is 0 Å². The third-order valence-corrected chi connectivity index (χ3v) is 4.02. The lowest BCUT2D eigenvalue weighted by Gasteiger charge is -2.23. The van der Waals surface area contributed by atoms with Gasteiger partial charge in [0.1, 0.15) is 0 Å². The average Bonchev–Trinajstić information content (AvgIpc) is 2.84. The summed E-state index contributed by atoms with van der Waals surface area (Å²) in [6.07, 6.45) is 0. The second-order valence-corrected chi connectivity index (χ2v) is 5.75. The minimum absolute atomic E-state index is 0.0114. The predicted octanol–water partition coefficient (Wildman–Crippen LogP) is 3.06. The van der Waals surface area contributed by atoms with Gasteiger partial charge in [0.25, 0.3) is 11.8 Å². The standard InChI is InChI=1S/C19H17N3O3/c1-12(20)25-17(21)16(13-7-3-2-4-8-13)11-22-18(23)14-9-5-6-10-15(14)19(22)24/h2-10,16,20-21H,11H2,1H3. The fourth-order valence-electron chi connectivity index (χ4n) is 2.85. The van der Waals surface area contributed by atoms with Crippen LogP contribution in [-0.4, -0.2) is 35.1 Å². The van der Waals surface area contributed by atoms with Gasteiger partial charge in [0.05, 0.1) is 17.0 Å². The summed E-state index contributed by atoms with van der Waals surface area (Å²) in [4.78, 5) is 26.3. The Morgan fingerprint density at radius 1 is 0.960 bits per heavy atom. The van der Waals surface area contributed by atoms with Gasteiger partial charge >= 0.3 is 0 Å². The van der Waals surface area contributed by atoms with Crippen molar-refractivity contribution in [2.24, 2.45) is 0 Å². The number of rotatable bonds is 4. The Balaban J connectivity index is 1.91. The van der Waals surface area contributed by atoms with E-state index in [4.69, 9.17) is 15.6 Å². The van der Waals surface area contributed by atoms with Crippen LogP contribution in [-0.2, 0) is 4.74 Å². The van der Waals surface area contributed by atoms with Gasteiger partial charge in [0.15, 0.2) is 11.8 Å². The molecular formula is C19H17N3O3. The Labute approximate surface area is 145 Å². The van der Waals surface area contributed by atoms with Crippen LogP contribution in [0.4, 0.5) is 0 Å². The van der Waals surface area contributed by atoms with Crippen molar-refractivity contribution < 1.29 is 14.3 Å². The second kappa shape index (κ2) is 6.68. The summed E-state index contributed by atoms with van der Waals surface area (Å²) < 4.78 is 5.14. The molecule has 0 aromatic heterocycles. The molecule has 25 heavy (non-hydrogen) atoms. The van der Waals surface area contributed by atoms with Gasteiger partial charge in [-0.3, -0.25) is 25.3 Å². The lowest BCUT2D eigenvalue weighted by Crippen LogP contribution is -2.37. The van der Waals surface area contributed by atoms with Crippen LogP contribution < -0.4 is 0 Å². The van der Waals surface area contributed by atoms with Crippen LogP contribution in [0.2, 0.25) is 0 Å². The monoisotopic (exact) mass is 335 g/mol. The number of nitrogens with zero attached hydrogens (tertiary/aromatic N) is 1. The van der Waals surface area contributed by atoms with Crippen molar-refractivity contribution in [3.63, 3.8) is 0 Å². The molecule has 6 heteroatoms. The van der Waals surface area contributed by atoms with Crippen molar-refractivity contribution in [1.29, 1.82) is 10.8 Å². The van der Waals surface area contributed by atoms with Crippen molar-refractivity contribution in [3.05, 3.63) is 71.3 Å². The van der Waals surface area contributed by atoms with Crippen molar-refractivity contribution in [2.75, 3.05) is 6.54 Å². The zero-order valence-corrected chi connectivity index (χ0v) is 13.7. The van der Waals surface area contributed by atoms with Gasteiger partial charge in [-0.05, 0) is 17.7 Å². The highest BCUT2D eigenvalue weighted by Crippen LogP contribution is 2.27. The van der Waals surface area contributed by atoms with E-state index in [2.05, 4.69) is 0 Å². The van der Waals surface area contributed by atoms with Crippen molar-refractivity contribution in [2.45, 2.75) is 12.8 Å². The van der Waals surface area contributed by atoms with Gasteiger partial charge in [-0.25, -0.2) is 0 Å². The number of ether oxygens (including phenoxy) is 1. The van der Waals surface area contributed by atoms with Gasteiger partial charge in [-0.2, -0.15) is 0 Å². The molecule has 126 valence electrons. The summed E-state index contributed by atoms with van der Waals surface area (Å²) >= 11 is 0. The Hall–Kier alpha value is -3.28. The number of nitrogens with one attached hydrogen (secondary N) is 2. The molecule has 2 aromatic carbocycles. The Morgan fingerprint density at radius 2 is 1.48 bits per heavy atom. The molecule has 0 spiro atoms. The lowest BCUT2D eigenvalue weighted by molar-refractivity contribution is 0.0651. The molecule has 6 nitrogen and oxygen atoms in total. The number of hydrogen-bond acceptors (Lipinski definition) is 5. The number of amides is 2. The molecule has 1 atom stereocenters. The second-order valence-electron chi connectivity index (χ2n) is 5.75. The third-order valence-electron chi connectivity index (χ3n) is 4.02. The van der Waals surface area contributed by atoms with E-state index in [1.54, 1.807) is 36.4 Å². The largest absolute Gasteiger partial charge is 0.429 e. The molecule has 3 rings (SSSR count). The van der Waals surface area contributed by atoms with E-state index in [-0.39, 0.29) is 30.2 Å². The molecule has 2 aromatic rings. The van der Waals surface area contributed by atoms with Crippen LogP contribution in [0.25, 0.3) is 0 Å². The molecule has 0 saturated carbocycles. The van der Waals surface area contributed by atoms with Crippen molar-refractivity contribution in [3.8, 4) is 0 Å². The molecule has 0 fully saturated rings. The van der Waals surface area contributed by atoms with E-state index >= 15 is 0 Å². The maximum Gasteiger partial charge on any atom is 0.261 e. The van der Waals surface area contributed by atoms with E-state index in [9.17, 15) is 9.59 Å². The normalized spacial score (nSPS) is 14.2. The highest BCUT2D eigenvalue weighted by Gasteiger charge is 2.37. The Bertz CT molecular complexity index is 826. The van der Waals surface area contributed by atoms with E-state index in [0.717, 1.165) is 10.5 Å². The fraction of sp³-hybridized carbons (Fsp3) is 0.158.